The molecular formula is C11H11F2NO. The molecule has 0 aliphatic carbocycles. The molecule has 80 valence electrons. The van der Waals surface area contributed by atoms with Crippen molar-refractivity contribution in [2.75, 3.05) is 13.1 Å². The molecule has 0 bridgehead atoms. The lowest BCUT2D eigenvalue weighted by Gasteiger charge is -2.13. The highest BCUT2D eigenvalue weighted by Gasteiger charge is 2.19. The third-order valence-electron chi connectivity index (χ3n) is 2.44. The van der Waals surface area contributed by atoms with E-state index in [9.17, 15) is 13.6 Å². The molecule has 1 aliphatic heterocycles. The van der Waals surface area contributed by atoms with Gasteiger partial charge in [-0.2, -0.15) is 0 Å². The van der Waals surface area contributed by atoms with Gasteiger partial charge in [-0.05, 0) is 17.7 Å². The van der Waals surface area contributed by atoms with E-state index < -0.39 is 11.6 Å². The Morgan fingerprint density at radius 2 is 1.87 bits per heavy atom. The highest BCUT2D eigenvalue weighted by atomic mass is 19.1. The number of benzene rings is 1. The normalized spacial score (nSPS) is 17.3. The molecule has 2 nitrogen and oxygen atoms in total. The summed E-state index contributed by atoms with van der Waals surface area (Å²) in [4.78, 5) is 12.9. The number of hydrogen-bond acceptors (Lipinski definition) is 2. The summed E-state index contributed by atoms with van der Waals surface area (Å²) in [5.74, 6) is -0.960. The molecule has 1 aromatic carbocycles. The van der Waals surface area contributed by atoms with Crippen molar-refractivity contribution in [3.8, 4) is 0 Å². The summed E-state index contributed by atoms with van der Waals surface area (Å²) < 4.78 is 25.7. The first-order valence-corrected chi connectivity index (χ1v) is 4.82. The fourth-order valence-corrected chi connectivity index (χ4v) is 1.79. The number of carbonyl (C=O) groups is 1. The van der Waals surface area contributed by atoms with E-state index in [1.54, 1.807) is 0 Å². The van der Waals surface area contributed by atoms with Crippen LogP contribution in [0.1, 0.15) is 12.0 Å². The van der Waals surface area contributed by atoms with Gasteiger partial charge in [0, 0.05) is 25.6 Å². The molecule has 0 atom stereocenters. The third kappa shape index (κ3) is 2.59. The molecule has 0 unspecified atom stereocenters. The second kappa shape index (κ2) is 4.06. The van der Waals surface area contributed by atoms with E-state index in [0.29, 0.717) is 31.6 Å². The van der Waals surface area contributed by atoms with Crippen LogP contribution in [-0.2, 0) is 11.3 Å². The van der Waals surface area contributed by atoms with Gasteiger partial charge in [0.15, 0.2) is 0 Å². The molecule has 2 rings (SSSR count). The van der Waals surface area contributed by atoms with Crippen LogP contribution in [0.15, 0.2) is 18.2 Å². The summed E-state index contributed by atoms with van der Waals surface area (Å²) in [5.41, 5.74) is 0.571. The summed E-state index contributed by atoms with van der Waals surface area (Å²) in [6.07, 6.45) is 0.539. The predicted molar refractivity (Wildman–Crippen MR) is 51.3 cm³/mol. The van der Waals surface area contributed by atoms with E-state index >= 15 is 0 Å². The second-order valence-electron chi connectivity index (χ2n) is 3.78. The fraction of sp³-hybridized carbons (Fsp3) is 0.364. The summed E-state index contributed by atoms with van der Waals surface area (Å²) in [5, 5.41) is 0. The van der Waals surface area contributed by atoms with Gasteiger partial charge < -0.3 is 0 Å². The minimum absolute atomic E-state index is 0.187. The van der Waals surface area contributed by atoms with Crippen LogP contribution in [0, 0.1) is 11.6 Å². The third-order valence-corrected chi connectivity index (χ3v) is 2.44. The number of Topliss-reactive ketones (excluding diaryl/α,β-unsaturated/α-hetero) is 1. The zero-order valence-corrected chi connectivity index (χ0v) is 8.17. The van der Waals surface area contributed by atoms with Crippen molar-refractivity contribution in [1.29, 1.82) is 0 Å². The predicted octanol–water partition coefficient (Wildman–Crippen LogP) is 1.74. The van der Waals surface area contributed by atoms with E-state index in [2.05, 4.69) is 0 Å². The van der Waals surface area contributed by atoms with Crippen LogP contribution in [0.3, 0.4) is 0 Å². The highest BCUT2D eigenvalue weighted by molar-refractivity contribution is 5.82. The molecule has 1 aromatic rings. The Morgan fingerprint density at radius 3 is 2.40 bits per heavy atom. The quantitative estimate of drug-likeness (QED) is 0.742. The molecule has 0 N–H and O–H groups in total. The lowest BCUT2D eigenvalue weighted by atomic mass is 10.2. The Morgan fingerprint density at radius 1 is 1.20 bits per heavy atom. The van der Waals surface area contributed by atoms with Gasteiger partial charge in [0.1, 0.15) is 17.4 Å². The molecule has 15 heavy (non-hydrogen) atoms. The summed E-state index contributed by atoms with van der Waals surface area (Å²) in [6, 6.07) is 3.44. The van der Waals surface area contributed by atoms with E-state index in [1.165, 1.54) is 12.1 Å². The smallest absolute Gasteiger partial charge is 0.148 e. The molecule has 1 saturated heterocycles. The van der Waals surface area contributed by atoms with Gasteiger partial charge >= 0.3 is 0 Å². The first-order chi connectivity index (χ1) is 7.13. The van der Waals surface area contributed by atoms with Gasteiger partial charge in [-0.15, -0.1) is 0 Å². The number of hydrogen-bond donors (Lipinski definition) is 0. The van der Waals surface area contributed by atoms with Crippen molar-refractivity contribution >= 4 is 5.78 Å². The zero-order chi connectivity index (χ0) is 10.8. The average Bonchev–Trinajstić information content (AvgIpc) is 2.49. The number of nitrogens with zero attached hydrogens (tertiary/aromatic N) is 1. The van der Waals surface area contributed by atoms with Crippen molar-refractivity contribution in [3.05, 3.63) is 35.4 Å². The Kier molecular flexibility index (Phi) is 2.77. The van der Waals surface area contributed by atoms with Gasteiger partial charge in [0.2, 0.25) is 0 Å². The second-order valence-corrected chi connectivity index (χ2v) is 3.78. The Bertz CT molecular complexity index is 372. The SMILES string of the molecule is O=C1CCN(Cc2cc(F)cc(F)c2)C1. The summed E-state index contributed by atoms with van der Waals surface area (Å²) in [7, 11) is 0. The minimum atomic E-state index is -0.574. The van der Waals surface area contributed by atoms with Crippen molar-refractivity contribution in [2.24, 2.45) is 0 Å². The first-order valence-electron chi connectivity index (χ1n) is 4.82. The lowest BCUT2D eigenvalue weighted by molar-refractivity contribution is -0.116. The van der Waals surface area contributed by atoms with Crippen LogP contribution in [0.4, 0.5) is 8.78 Å². The highest BCUT2D eigenvalue weighted by Crippen LogP contribution is 2.13. The Balaban J connectivity index is 2.07. The van der Waals surface area contributed by atoms with Gasteiger partial charge in [-0.1, -0.05) is 0 Å². The maximum Gasteiger partial charge on any atom is 0.148 e. The van der Waals surface area contributed by atoms with Gasteiger partial charge in [0.25, 0.3) is 0 Å². The van der Waals surface area contributed by atoms with Crippen molar-refractivity contribution in [1.82, 2.24) is 4.90 Å². The Hall–Kier alpha value is -1.29. The molecule has 4 heteroatoms. The van der Waals surface area contributed by atoms with Gasteiger partial charge in [-0.25, -0.2) is 8.78 Å². The van der Waals surface area contributed by atoms with Gasteiger partial charge in [-0.3, -0.25) is 9.69 Å². The van der Waals surface area contributed by atoms with E-state index in [1.807, 2.05) is 4.90 Å². The standard InChI is InChI=1S/C11H11F2NO/c12-9-3-8(4-10(13)5-9)6-14-2-1-11(15)7-14/h3-5H,1-2,6-7H2. The molecule has 0 amide bonds. The number of likely N-dealkylation sites (tertiary alicyclic amines) is 1. The van der Waals surface area contributed by atoms with E-state index in [-0.39, 0.29) is 5.78 Å². The number of ketones is 1. The number of rotatable bonds is 2. The molecule has 0 saturated carbocycles. The molecule has 1 heterocycles. The van der Waals surface area contributed by atoms with Crippen molar-refractivity contribution in [2.45, 2.75) is 13.0 Å². The van der Waals surface area contributed by atoms with Crippen LogP contribution >= 0.6 is 0 Å². The minimum Gasteiger partial charge on any atom is -0.298 e. The zero-order valence-electron chi connectivity index (χ0n) is 8.17. The van der Waals surface area contributed by atoms with E-state index in [0.717, 1.165) is 6.07 Å². The van der Waals surface area contributed by atoms with Crippen LogP contribution in [0.5, 0.6) is 0 Å². The molecule has 1 fully saturated rings. The number of carbonyl (C=O) groups excluding carboxylic acids is 1. The van der Waals surface area contributed by atoms with Crippen molar-refractivity contribution in [3.63, 3.8) is 0 Å². The molecule has 0 radical (unpaired) electrons. The van der Waals surface area contributed by atoms with Crippen LogP contribution in [0.2, 0.25) is 0 Å². The van der Waals surface area contributed by atoms with Crippen molar-refractivity contribution < 1.29 is 13.6 Å². The fourth-order valence-electron chi connectivity index (χ4n) is 1.79. The average molecular weight is 211 g/mol. The molecular weight excluding hydrogens is 200 g/mol. The molecule has 1 aliphatic rings. The van der Waals surface area contributed by atoms with Crippen LogP contribution < -0.4 is 0 Å². The number of halogens is 2. The van der Waals surface area contributed by atoms with Gasteiger partial charge in [0.05, 0.1) is 6.54 Å². The maximum absolute atomic E-state index is 12.9. The topological polar surface area (TPSA) is 20.3 Å². The summed E-state index contributed by atoms with van der Waals surface area (Å²) >= 11 is 0. The van der Waals surface area contributed by atoms with E-state index in [4.69, 9.17) is 0 Å². The largest absolute Gasteiger partial charge is 0.298 e. The van der Waals surface area contributed by atoms with Crippen LogP contribution in [0.25, 0.3) is 0 Å². The Labute approximate surface area is 86.5 Å². The molecule has 0 spiro atoms. The summed E-state index contributed by atoms with van der Waals surface area (Å²) in [6.45, 7) is 1.50. The van der Waals surface area contributed by atoms with Crippen LogP contribution in [-0.4, -0.2) is 23.8 Å². The lowest BCUT2D eigenvalue weighted by Crippen LogP contribution is -2.20. The maximum atomic E-state index is 12.9. The molecule has 0 aromatic heterocycles. The monoisotopic (exact) mass is 211 g/mol. The first kappa shape index (κ1) is 10.2.